The van der Waals surface area contributed by atoms with Crippen LogP contribution in [0.25, 0.3) is 0 Å². The van der Waals surface area contributed by atoms with Crippen LogP contribution in [0, 0.1) is 5.21 Å². The van der Waals surface area contributed by atoms with Gasteiger partial charge < -0.3 is 10.0 Å². The molecule has 0 aromatic rings. The lowest BCUT2D eigenvalue weighted by Crippen LogP contribution is -1.90. The summed E-state index contributed by atoms with van der Waals surface area (Å²) in [6, 6.07) is 0. The summed E-state index contributed by atoms with van der Waals surface area (Å²) >= 11 is 1.46. The summed E-state index contributed by atoms with van der Waals surface area (Å²) in [5, 5.41) is 13.0. The van der Waals surface area contributed by atoms with Gasteiger partial charge in [-0.1, -0.05) is 4.86 Å². The Balaban J connectivity index is 3.03. The lowest BCUT2D eigenvalue weighted by atomic mass is 11.5. The van der Waals surface area contributed by atoms with Crippen LogP contribution in [-0.4, -0.2) is 24.1 Å². The van der Waals surface area contributed by atoms with Crippen molar-refractivity contribution in [3.05, 3.63) is 5.21 Å². The summed E-state index contributed by atoms with van der Waals surface area (Å²) in [5.41, 5.74) is 0. The molecule has 8 heavy (non-hydrogen) atoms. The van der Waals surface area contributed by atoms with Crippen molar-refractivity contribution in [1.29, 1.82) is 0 Å². The highest BCUT2D eigenvalue weighted by Crippen LogP contribution is 1.91. The van der Waals surface area contributed by atoms with Gasteiger partial charge in [-0.15, -0.1) is 11.8 Å². The van der Waals surface area contributed by atoms with Crippen molar-refractivity contribution in [2.75, 3.05) is 19.2 Å². The summed E-state index contributed by atoms with van der Waals surface area (Å²) in [4.78, 5) is 4.82. The van der Waals surface area contributed by atoms with Gasteiger partial charge in [0.05, 0.1) is 0 Å². The Morgan fingerprint density at radius 3 is 2.88 bits per heavy atom. The smallest absolute Gasteiger partial charge is 0.200 e. The van der Waals surface area contributed by atoms with Crippen molar-refractivity contribution in [2.24, 2.45) is 5.28 Å². The SMILES string of the molecule is CSCON=[N+](C)[O-]. The average molecular weight is 136 g/mol. The van der Waals surface area contributed by atoms with Crippen LogP contribution in [0.3, 0.4) is 0 Å². The molecule has 0 N–H and O–H groups in total. The van der Waals surface area contributed by atoms with Crippen LogP contribution in [0.2, 0.25) is 0 Å². The van der Waals surface area contributed by atoms with Gasteiger partial charge in [-0.05, 0) is 6.26 Å². The van der Waals surface area contributed by atoms with E-state index in [4.69, 9.17) is 0 Å². The van der Waals surface area contributed by atoms with Gasteiger partial charge in [-0.25, -0.2) is 0 Å². The molecular weight excluding hydrogens is 128 g/mol. The molecular formula is C3H8N2O2S. The van der Waals surface area contributed by atoms with Gasteiger partial charge in [-0.2, -0.15) is 0 Å². The Kier molecular flexibility index (Phi) is 4.44. The van der Waals surface area contributed by atoms with E-state index in [9.17, 15) is 5.21 Å². The van der Waals surface area contributed by atoms with E-state index in [0.29, 0.717) is 10.8 Å². The zero-order chi connectivity index (χ0) is 6.41. The summed E-state index contributed by atoms with van der Waals surface area (Å²) in [5.74, 6) is 0.423. The lowest BCUT2D eigenvalue weighted by molar-refractivity contribution is -0.529. The maximum Gasteiger partial charge on any atom is 0.200 e. The third-order valence-corrected chi connectivity index (χ3v) is 0.684. The van der Waals surface area contributed by atoms with E-state index < -0.39 is 0 Å². The van der Waals surface area contributed by atoms with Crippen LogP contribution in [0.4, 0.5) is 0 Å². The first-order valence-electron chi connectivity index (χ1n) is 2.00. The van der Waals surface area contributed by atoms with Crippen molar-refractivity contribution in [1.82, 2.24) is 0 Å². The highest BCUT2D eigenvalue weighted by Gasteiger charge is 1.80. The molecule has 5 heteroatoms. The minimum absolute atomic E-state index is 0.371. The van der Waals surface area contributed by atoms with Gasteiger partial charge in [0, 0.05) is 0 Å². The van der Waals surface area contributed by atoms with E-state index in [1.807, 2.05) is 6.26 Å². The Labute approximate surface area is 52.1 Å². The number of thioether (sulfide) groups is 1. The fraction of sp³-hybridized carbons (Fsp3) is 1.00. The quantitative estimate of drug-likeness (QED) is 0.190. The van der Waals surface area contributed by atoms with Crippen molar-refractivity contribution in [2.45, 2.75) is 0 Å². The number of hydroxylamine groups is 1. The topological polar surface area (TPSA) is 47.7 Å². The Morgan fingerprint density at radius 1 is 1.88 bits per heavy atom. The highest BCUT2D eigenvalue weighted by molar-refractivity contribution is 7.98. The van der Waals surface area contributed by atoms with Gasteiger partial charge in [0.1, 0.15) is 0 Å². The fourth-order valence-corrected chi connectivity index (χ4v) is 0.310. The molecule has 0 aromatic heterocycles. The second kappa shape index (κ2) is 4.70. The number of hydrogen-bond acceptors (Lipinski definition) is 4. The van der Waals surface area contributed by atoms with Crippen molar-refractivity contribution in [3.8, 4) is 0 Å². The monoisotopic (exact) mass is 136 g/mol. The Hall–Kier alpha value is -0.450. The first kappa shape index (κ1) is 7.55. The van der Waals surface area contributed by atoms with Gasteiger partial charge in [0.15, 0.2) is 18.3 Å². The van der Waals surface area contributed by atoms with Crippen LogP contribution < -0.4 is 0 Å². The molecule has 0 heterocycles. The number of nitrogens with zero attached hydrogens (tertiary/aromatic N) is 2. The average Bonchev–Trinajstić information content (AvgIpc) is 1.66. The minimum Gasteiger partial charge on any atom is -0.598 e. The van der Waals surface area contributed by atoms with Gasteiger partial charge in [0.2, 0.25) is 0 Å². The lowest BCUT2D eigenvalue weighted by Gasteiger charge is -1.90. The zero-order valence-corrected chi connectivity index (χ0v) is 5.64. The van der Waals surface area contributed by atoms with E-state index in [-0.39, 0.29) is 0 Å². The first-order valence-corrected chi connectivity index (χ1v) is 3.39. The molecule has 0 aliphatic heterocycles. The molecule has 0 spiro atoms. The minimum atomic E-state index is 0.371. The van der Waals surface area contributed by atoms with Crippen molar-refractivity contribution >= 4 is 11.8 Å². The molecule has 0 bridgehead atoms. The van der Waals surface area contributed by atoms with Gasteiger partial charge >= 0.3 is 0 Å². The van der Waals surface area contributed by atoms with Gasteiger partial charge in [0.25, 0.3) is 0 Å². The van der Waals surface area contributed by atoms with Crippen LogP contribution in [-0.2, 0) is 4.84 Å². The van der Waals surface area contributed by atoms with Crippen LogP contribution >= 0.6 is 11.8 Å². The second-order valence-corrected chi connectivity index (χ2v) is 1.89. The predicted molar refractivity (Wildman–Crippen MR) is 31.4 cm³/mol. The van der Waals surface area contributed by atoms with E-state index in [2.05, 4.69) is 10.1 Å². The van der Waals surface area contributed by atoms with E-state index in [1.165, 1.54) is 18.8 Å². The number of rotatable bonds is 3. The van der Waals surface area contributed by atoms with Gasteiger partial charge in [-0.3, -0.25) is 0 Å². The largest absolute Gasteiger partial charge is 0.598 e. The standard InChI is InChI=1S/C3H8N2O2S/c1-5(6)4-7-3-8-2/h3H2,1-2H3. The predicted octanol–water partition coefficient (Wildman–Crippen LogP) is 0.831. The molecule has 0 saturated carbocycles. The summed E-state index contributed by atoms with van der Waals surface area (Å²) in [7, 11) is 1.26. The molecule has 0 amide bonds. The zero-order valence-electron chi connectivity index (χ0n) is 4.83. The maximum absolute atomic E-state index is 9.93. The second-order valence-electron chi connectivity index (χ2n) is 1.08. The molecule has 0 radical (unpaired) electrons. The summed E-state index contributed by atoms with van der Waals surface area (Å²) < 4.78 is 0. The maximum atomic E-state index is 9.93. The molecule has 0 saturated heterocycles. The van der Waals surface area contributed by atoms with E-state index in [1.54, 1.807) is 0 Å². The molecule has 0 unspecified atom stereocenters. The first-order chi connectivity index (χ1) is 3.77. The van der Waals surface area contributed by atoms with Crippen molar-refractivity contribution < 1.29 is 9.70 Å². The Bertz CT molecular complexity index is 81.4. The number of hydrogen-bond donors (Lipinski definition) is 0. The molecule has 0 rings (SSSR count). The third kappa shape index (κ3) is 5.55. The molecule has 0 aliphatic rings. The Morgan fingerprint density at radius 2 is 2.50 bits per heavy atom. The fourth-order valence-electron chi connectivity index (χ4n) is 0.158. The molecule has 0 fully saturated rings. The van der Waals surface area contributed by atoms with E-state index in [0.717, 1.165) is 0 Å². The molecule has 0 atom stereocenters. The van der Waals surface area contributed by atoms with Crippen LogP contribution in [0.1, 0.15) is 0 Å². The molecule has 0 aliphatic carbocycles. The third-order valence-electron chi connectivity index (χ3n) is 0.343. The van der Waals surface area contributed by atoms with Crippen LogP contribution in [0.5, 0.6) is 0 Å². The summed E-state index contributed by atoms with van der Waals surface area (Å²) in [6.45, 7) is 0. The highest BCUT2D eigenvalue weighted by atomic mass is 32.2. The summed E-state index contributed by atoms with van der Waals surface area (Å²) in [6.07, 6.45) is 1.86. The van der Waals surface area contributed by atoms with Crippen LogP contribution in [0.15, 0.2) is 5.28 Å². The van der Waals surface area contributed by atoms with E-state index >= 15 is 0 Å². The molecule has 4 nitrogen and oxygen atoms in total. The van der Waals surface area contributed by atoms with Crippen molar-refractivity contribution in [3.63, 3.8) is 0 Å². The normalized spacial score (nSPS) is 11.5. The molecule has 0 aromatic carbocycles. The molecule has 48 valence electrons.